The topological polar surface area (TPSA) is 88.1 Å². The van der Waals surface area contributed by atoms with Crippen molar-refractivity contribution in [1.29, 1.82) is 5.26 Å². The Labute approximate surface area is 123 Å². The van der Waals surface area contributed by atoms with Crippen LogP contribution >= 0.6 is 0 Å². The minimum absolute atomic E-state index is 0.418. The molecule has 3 N–H and O–H groups in total. The van der Waals surface area contributed by atoms with Gasteiger partial charge in [-0.05, 0) is 43.3 Å². The number of amides is 1. The number of anilines is 1. The van der Waals surface area contributed by atoms with E-state index in [1.807, 2.05) is 0 Å². The average molecular weight is 281 g/mol. The van der Waals surface area contributed by atoms with Crippen molar-refractivity contribution in [3.63, 3.8) is 0 Å². The first kappa shape index (κ1) is 14.4. The van der Waals surface area contributed by atoms with Crippen molar-refractivity contribution in [3.05, 3.63) is 54.1 Å². The van der Waals surface area contributed by atoms with Crippen molar-refractivity contribution in [3.8, 4) is 17.6 Å². The molecule has 0 bridgehead atoms. The van der Waals surface area contributed by atoms with Crippen LogP contribution in [-0.2, 0) is 4.79 Å². The van der Waals surface area contributed by atoms with Gasteiger partial charge in [0.25, 0.3) is 0 Å². The van der Waals surface area contributed by atoms with E-state index in [9.17, 15) is 4.79 Å². The number of primary amides is 1. The summed E-state index contributed by atoms with van der Waals surface area (Å²) in [4.78, 5) is 11.0. The van der Waals surface area contributed by atoms with Crippen LogP contribution in [0.4, 0.5) is 5.69 Å². The highest BCUT2D eigenvalue weighted by Crippen LogP contribution is 2.25. The molecule has 0 radical (unpaired) electrons. The Kier molecular flexibility index (Phi) is 4.42. The Bertz CT molecular complexity index is 675. The van der Waals surface area contributed by atoms with Crippen LogP contribution in [0.3, 0.4) is 0 Å². The molecule has 0 unspecified atom stereocenters. The standard InChI is InChI=1S/C16H15N3O2/c1-11(16(18)20)19-13-6-8-14(9-7-13)21-15-5-3-2-4-12(15)10-17/h2-9,11,19H,1H3,(H2,18,20)/t11-/m1/s1. The SMILES string of the molecule is C[C@@H](Nc1ccc(Oc2ccccc2C#N)cc1)C(N)=O. The second-order valence-corrected chi connectivity index (χ2v) is 4.50. The van der Waals surface area contributed by atoms with Gasteiger partial charge in [0.15, 0.2) is 0 Å². The number of carbonyl (C=O) groups excluding carboxylic acids is 1. The van der Waals surface area contributed by atoms with Crippen LogP contribution in [0, 0.1) is 11.3 Å². The highest BCUT2D eigenvalue weighted by molar-refractivity contribution is 5.82. The molecule has 0 aromatic heterocycles. The first-order valence-electron chi connectivity index (χ1n) is 6.43. The predicted molar refractivity (Wildman–Crippen MR) is 80.0 cm³/mol. The van der Waals surface area contributed by atoms with Crippen molar-refractivity contribution in [2.45, 2.75) is 13.0 Å². The zero-order valence-electron chi connectivity index (χ0n) is 11.5. The van der Waals surface area contributed by atoms with Gasteiger partial charge in [0.1, 0.15) is 23.6 Å². The second kappa shape index (κ2) is 6.44. The molecule has 2 aromatic carbocycles. The minimum atomic E-state index is -0.448. The number of nitriles is 1. The largest absolute Gasteiger partial charge is 0.456 e. The number of hydrogen-bond acceptors (Lipinski definition) is 4. The maximum atomic E-state index is 11.0. The first-order chi connectivity index (χ1) is 10.1. The van der Waals surface area contributed by atoms with Gasteiger partial charge in [-0.1, -0.05) is 12.1 Å². The van der Waals surface area contributed by atoms with E-state index in [-0.39, 0.29) is 0 Å². The van der Waals surface area contributed by atoms with E-state index < -0.39 is 11.9 Å². The van der Waals surface area contributed by atoms with Crippen LogP contribution in [0.2, 0.25) is 0 Å². The molecule has 0 fully saturated rings. The molecular formula is C16H15N3O2. The Morgan fingerprint density at radius 1 is 1.24 bits per heavy atom. The van der Waals surface area contributed by atoms with Gasteiger partial charge in [0, 0.05) is 5.69 Å². The van der Waals surface area contributed by atoms with Gasteiger partial charge in [0.05, 0.1) is 5.56 Å². The lowest BCUT2D eigenvalue weighted by atomic mass is 10.2. The third-order valence-electron chi connectivity index (χ3n) is 2.90. The third kappa shape index (κ3) is 3.74. The van der Waals surface area contributed by atoms with Gasteiger partial charge in [0.2, 0.25) is 5.91 Å². The van der Waals surface area contributed by atoms with Gasteiger partial charge >= 0.3 is 0 Å². The first-order valence-corrected chi connectivity index (χ1v) is 6.43. The normalized spacial score (nSPS) is 11.2. The van der Waals surface area contributed by atoms with E-state index in [0.717, 1.165) is 5.69 Å². The molecule has 5 nitrogen and oxygen atoms in total. The fourth-order valence-corrected chi connectivity index (χ4v) is 1.72. The molecule has 0 saturated heterocycles. The van der Waals surface area contributed by atoms with Crippen LogP contribution in [0.1, 0.15) is 12.5 Å². The number of carbonyl (C=O) groups is 1. The zero-order valence-corrected chi connectivity index (χ0v) is 11.5. The summed E-state index contributed by atoms with van der Waals surface area (Å²) in [6.45, 7) is 1.69. The van der Waals surface area contributed by atoms with E-state index in [4.69, 9.17) is 15.7 Å². The van der Waals surface area contributed by atoms with Crippen LogP contribution < -0.4 is 15.8 Å². The van der Waals surface area contributed by atoms with Crippen molar-refractivity contribution in [2.24, 2.45) is 5.73 Å². The van der Waals surface area contributed by atoms with E-state index >= 15 is 0 Å². The van der Waals surface area contributed by atoms with Crippen LogP contribution in [-0.4, -0.2) is 11.9 Å². The molecule has 2 aromatic rings. The van der Waals surface area contributed by atoms with E-state index in [1.165, 1.54) is 0 Å². The van der Waals surface area contributed by atoms with Gasteiger partial charge in [-0.15, -0.1) is 0 Å². The molecule has 106 valence electrons. The smallest absolute Gasteiger partial charge is 0.239 e. The molecule has 0 heterocycles. The lowest BCUT2D eigenvalue weighted by molar-refractivity contribution is -0.118. The molecule has 0 aliphatic rings. The summed E-state index contributed by atoms with van der Waals surface area (Å²) in [5, 5.41) is 12.0. The number of rotatable bonds is 5. The highest BCUT2D eigenvalue weighted by Gasteiger charge is 2.08. The summed E-state index contributed by atoms with van der Waals surface area (Å²) in [7, 11) is 0. The highest BCUT2D eigenvalue weighted by atomic mass is 16.5. The fraction of sp³-hybridized carbons (Fsp3) is 0.125. The van der Waals surface area contributed by atoms with Crippen molar-refractivity contribution >= 4 is 11.6 Å². The van der Waals surface area contributed by atoms with Crippen molar-refractivity contribution in [1.82, 2.24) is 0 Å². The van der Waals surface area contributed by atoms with E-state index in [2.05, 4.69) is 11.4 Å². The summed E-state index contributed by atoms with van der Waals surface area (Å²) < 4.78 is 5.67. The molecular weight excluding hydrogens is 266 g/mol. The van der Waals surface area contributed by atoms with Crippen LogP contribution in [0.5, 0.6) is 11.5 Å². The number of nitrogens with one attached hydrogen (secondary N) is 1. The van der Waals surface area contributed by atoms with Gasteiger partial charge < -0.3 is 15.8 Å². The number of ether oxygens (including phenoxy) is 1. The Hall–Kier alpha value is -3.00. The predicted octanol–water partition coefficient (Wildman–Crippen LogP) is 2.64. The maximum Gasteiger partial charge on any atom is 0.239 e. The van der Waals surface area contributed by atoms with Gasteiger partial charge in [-0.25, -0.2) is 0 Å². The van der Waals surface area contributed by atoms with Crippen LogP contribution in [0.25, 0.3) is 0 Å². The molecule has 0 saturated carbocycles. The second-order valence-electron chi connectivity index (χ2n) is 4.50. The Morgan fingerprint density at radius 2 is 1.90 bits per heavy atom. The molecule has 5 heteroatoms. The number of nitrogens with two attached hydrogens (primary N) is 1. The monoisotopic (exact) mass is 281 g/mol. The summed E-state index contributed by atoms with van der Waals surface area (Å²) in [6.07, 6.45) is 0. The number of nitrogens with zero attached hydrogens (tertiary/aromatic N) is 1. The zero-order chi connectivity index (χ0) is 15.2. The number of para-hydroxylation sites is 1. The van der Waals surface area contributed by atoms with Gasteiger partial charge in [-0.2, -0.15) is 5.26 Å². The summed E-state index contributed by atoms with van der Waals surface area (Å²) in [5.74, 6) is 0.694. The van der Waals surface area contributed by atoms with Crippen molar-refractivity contribution < 1.29 is 9.53 Å². The molecule has 2 rings (SSSR count). The number of hydrogen-bond donors (Lipinski definition) is 2. The van der Waals surface area contributed by atoms with Crippen molar-refractivity contribution in [2.75, 3.05) is 5.32 Å². The lowest BCUT2D eigenvalue weighted by Crippen LogP contribution is -2.32. The third-order valence-corrected chi connectivity index (χ3v) is 2.90. The average Bonchev–Trinajstić information content (AvgIpc) is 2.49. The van der Waals surface area contributed by atoms with E-state index in [0.29, 0.717) is 17.1 Å². The summed E-state index contributed by atoms with van der Waals surface area (Å²) in [5.41, 5.74) is 6.43. The van der Waals surface area contributed by atoms with E-state index in [1.54, 1.807) is 55.5 Å². The molecule has 21 heavy (non-hydrogen) atoms. The summed E-state index contributed by atoms with van der Waals surface area (Å²) >= 11 is 0. The molecule has 1 atom stereocenters. The lowest BCUT2D eigenvalue weighted by Gasteiger charge is -2.12. The van der Waals surface area contributed by atoms with Crippen LogP contribution in [0.15, 0.2) is 48.5 Å². The Morgan fingerprint density at radius 3 is 2.52 bits per heavy atom. The molecule has 0 aliphatic heterocycles. The summed E-state index contributed by atoms with van der Waals surface area (Å²) in [6, 6.07) is 15.7. The molecule has 1 amide bonds. The quantitative estimate of drug-likeness (QED) is 0.881. The fourth-order valence-electron chi connectivity index (χ4n) is 1.72. The maximum absolute atomic E-state index is 11.0. The number of benzene rings is 2. The minimum Gasteiger partial charge on any atom is -0.456 e. The molecule has 0 aliphatic carbocycles. The Balaban J connectivity index is 2.09. The van der Waals surface area contributed by atoms with Gasteiger partial charge in [-0.3, -0.25) is 4.79 Å². The molecule has 0 spiro atoms.